The van der Waals surface area contributed by atoms with Gasteiger partial charge in [-0.2, -0.15) is 0 Å². The number of oxazole rings is 1. The highest BCUT2D eigenvalue weighted by atomic mass is 19.1. The van der Waals surface area contributed by atoms with E-state index in [0.29, 0.717) is 40.4 Å². The van der Waals surface area contributed by atoms with Crippen LogP contribution in [0.2, 0.25) is 0 Å². The summed E-state index contributed by atoms with van der Waals surface area (Å²) in [5.74, 6) is -1.51. The second-order valence-electron chi connectivity index (χ2n) is 11.4. The molecule has 0 unspecified atom stereocenters. The second kappa shape index (κ2) is 14.4. The van der Waals surface area contributed by atoms with E-state index in [2.05, 4.69) is 10.3 Å². The fourth-order valence-corrected chi connectivity index (χ4v) is 5.80. The number of carboxylic acids is 1. The molecule has 1 amide bonds. The highest BCUT2D eigenvalue weighted by Gasteiger charge is 2.30. The van der Waals surface area contributed by atoms with Gasteiger partial charge in [-0.3, -0.25) is 9.59 Å². The maximum Gasteiger partial charge on any atom is 0.305 e. The highest BCUT2D eigenvalue weighted by molar-refractivity contribution is 6.11. The van der Waals surface area contributed by atoms with Crippen molar-refractivity contribution in [2.24, 2.45) is 0 Å². The van der Waals surface area contributed by atoms with Gasteiger partial charge in [-0.15, -0.1) is 0 Å². The van der Waals surface area contributed by atoms with Crippen LogP contribution in [0.1, 0.15) is 55.3 Å². The van der Waals surface area contributed by atoms with Crippen molar-refractivity contribution < 1.29 is 33.7 Å². The van der Waals surface area contributed by atoms with Gasteiger partial charge in [-0.25, -0.2) is 9.37 Å². The Labute approximate surface area is 266 Å². The number of aliphatic hydroxyl groups is 2. The topological polar surface area (TPSA) is 138 Å². The first-order chi connectivity index (χ1) is 22.1. The van der Waals surface area contributed by atoms with Crippen LogP contribution in [-0.4, -0.2) is 49.0 Å². The zero-order valence-electron chi connectivity index (χ0n) is 25.6. The number of aliphatic hydroxyl groups excluding tert-OH is 2. The molecule has 0 radical (unpaired) electrons. The van der Waals surface area contributed by atoms with Crippen molar-refractivity contribution >= 4 is 17.6 Å². The monoisotopic (exact) mass is 625 g/mol. The molecule has 5 rings (SSSR count). The van der Waals surface area contributed by atoms with Gasteiger partial charge in [-0.05, 0) is 74.6 Å². The summed E-state index contributed by atoms with van der Waals surface area (Å²) in [5.41, 5.74) is 5.19. The third-order valence-corrected chi connectivity index (χ3v) is 7.70. The minimum atomic E-state index is -1.20. The Morgan fingerprint density at radius 1 is 0.913 bits per heavy atom. The van der Waals surface area contributed by atoms with Crippen molar-refractivity contribution in [3.05, 3.63) is 109 Å². The second-order valence-corrected chi connectivity index (χ2v) is 11.4. The van der Waals surface area contributed by atoms with Gasteiger partial charge in [0.1, 0.15) is 17.8 Å². The molecule has 10 heteroatoms. The molecule has 0 fully saturated rings. The van der Waals surface area contributed by atoms with Crippen molar-refractivity contribution in [1.29, 1.82) is 0 Å². The predicted molar refractivity (Wildman–Crippen MR) is 173 cm³/mol. The summed E-state index contributed by atoms with van der Waals surface area (Å²) in [5, 5.41) is 33.0. The lowest BCUT2D eigenvalue weighted by atomic mass is 9.92. The molecule has 9 nitrogen and oxygen atoms in total. The maximum absolute atomic E-state index is 14.4. The van der Waals surface area contributed by atoms with E-state index in [4.69, 9.17) is 9.52 Å². The molecule has 2 atom stereocenters. The molecule has 2 aromatic heterocycles. The minimum Gasteiger partial charge on any atom is -0.481 e. The SMILES string of the molecule is CC(C)n1c(CC[C@@H](O)C[C@@H](O)CC(=O)O)c(-c2ccc(F)cc2)c(-c2ccccc2)c1C(=O)Nc1cccc(-c2ncco2)c1. The molecule has 4 N–H and O–H groups in total. The summed E-state index contributed by atoms with van der Waals surface area (Å²) in [6, 6.07) is 22.5. The van der Waals surface area contributed by atoms with E-state index in [1.54, 1.807) is 36.5 Å². The maximum atomic E-state index is 14.4. The number of rotatable bonds is 13. The lowest BCUT2D eigenvalue weighted by Crippen LogP contribution is -2.22. The average Bonchev–Trinajstić information content (AvgIpc) is 3.68. The smallest absolute Gasteiger partial charge is 0.305 e. The number of nitrogens with zero attached hydrogens (tertiary/aromatic N) is 2. The summed E-state index contributed by atoms with van der Waals surface area (Å²) in [7, 11) is 0. The van der Waals surface area contributed by atoms with Crippen molar-refractivity contribution in [2.75, 3.05) is 5.32 Å². The van der Waals surface area contributed by atoms with Gasteiger partial charge >= 0.3 is 5.97 Å². The Morgan fingerprint density at radius 2 is 1.61 bits per heavy atom. The lowest BCUT2D eigenvalue weighted by Gasteiger charge is -2.20. The Morgan fingerprint density at radius 3 is 2.26 bits per heavy atom. The third-order valence-electron chi connectivity index (χ3n) is 7.70. The van der Waals surface area contributed by atoms with E-state index in [0.717, 1.165) is 16.8 Å². The number of carboxylic acid groups (broad SMARTS) is 1. The number of carbonyl (C=O) groups excluding carboxylic acids is 1. The predicted octanol–water partition coefficient (Wildman–Crippen LogP) is 6.97. The number of nitrogens with one attached hydrogen (secondary N) is 1. The van der Waals surface area contributed by atoms with Crippen molar-refractivity contribution in [1.82, 2.24) is 9.55 Å². The number of hydrogen-bond acceptors (Lipinski definition) is 6. The molecule has 0 aliphatic carbocycles. The largest absolute Gasteiger partial charge is 0.481 e. The van der Waals surface area contributed by atoms with Crippen LogP contribution in [0, 0.1) is 5.82 Å². The molecule has 0 aliphatic rings. The van der Waals surface area contributed by atoms with Gasteiger partial charge in [0.15, 0.2) is 0 Å². The fourth-order valence-electron chi connectivity index (χ4n) is 5.80. The van der Waals surface area contributed by atoms with E-state index in [9.17, 15) is 24.2 Å². The first-order valence-corrected chi connectivity index (χ1v) is 15.1. The normalized spacial score (nSPS) is 12.7. The molecule has 0 spiro atoms. The van der Waals surface area contributed by atoms with Gasteiger partial charge in [0.2, 0.25) is 5.89 Å². The Bertz CT molecular complexity index is 1780. The molecule has 0 aliphatic heterocycles. The third kappa shape index (κ3) is 7.42. The molecular weight excluding hydrogens is 589 g/mol. The van der Waals surface area contributed by atoms with Crippen LogP contribution in [0.4, 0.5) is 10.1 Å². The number of halogens is 1. The van der Waals surface area contributed by atoms with Crippen LogP contribution in [-0.2, 0) is 11.2 Å². The molecule has 46 heavy (non-hydrogen) atoms. The van der Waals surface area contributed by atoms with Gasteiger partial charge in [-0.1, -0.05) is 48.5 Å². The zero-order chi connectivity index (χ0) is 32.8. The molecule has 5 aromatic rings. The Balaban J connectivity index is 1.64. The van der Waals surface area contributed by atoms with Crippen LogP contribution in [0.3, 0.4) is 0 Å². The van der Waals surface area contributed by atoms with Gasteiger partial charge < -0.3 is 29.6 Å². The van der Waals surface area contributed by atoms with E-state index < -0.39 is 30.4 Å². The van der Waals surface area contributed by atoms with Crippen LogP contribution in [0.25, 0.3) is 33.7 Å². The van der Waals surface area contributed by atoms with Gasteiger partial charge in [0, 0.05) is 34.1 Å². The highest BCUT2D eigenvalue weighted by Crippen LogP contribution is 2.43. The number of benzene rings is 3. The van der Waals surface area contributed by atoms with Crippen molar-refractivity contribution in [2.45, 2.75) is 57.8 Å². The van der Waals surface area contributed by atoms with Crippen LogP contribution in [0.15, 0.2) is 95.7 Å². The van der Waals surface area contributed by atoms with Crippen LogP contribution < -0.4 is 5.32 Å². The quantitative estimate of drug-likeness (QED) is 0.111. The van der Waals surface area contributed by atoms with Gasteiger partial charge in [0.25, 0.3) is 5.91 Å². The van der Waals surface area contributed by atoms with E-state index in [1.165, 1.54) is 18.4 Å². The van der Waals surface area contributed by atoms with E-state index >= 15 is 0 Å². The first-order valence-electron chi connectivity index (χ1n) is 15.1. The molecule has 238 valence electrons. The minimum absolute atomic E-state index is 0.111. The summed E-state index contributed by atoms with van der Waals surface area (Å²) in [6.07, 6.45) is 0.721. The molecule has 3 aromatic carbocycles. The number of amides is 1. The number of carbonyl (C=O) groups is 2. The number of anilines is 1. The van der Waals surface area contributed by atoms with E-state index in [1.807, 2.05) is 54.8 Å². The standard InChI is InChI=1S/C36H36FN3O6/c1-22(2)40-30(16-15-28(41)20-29(42)21-31(43)44)32(24-11-13-26(37)14-12-24)33(23-7-4-3-5-8-23)34(40)35(45)39-27-10-6-9-25(19-27)36-38-17-18-46-36/h3-14,17-19,22,28-29,41-42H,15-16,20-21H2,1-2H3,(H,39,45)(H,43,44)/t28-,29-/m1/s1. The average molecular weight is 626 g/mol. The number of hydrogen-bond donors (Lipinski definition) is 4. The lowest BCUT2D eigenvalue weighted by molar-refractivity contribution is -0.139. The van der Waals surface area contributed by atoms with Crippen LogP contribution >= 0.6 is 0 Å². The molecule has 0 saturated heterocycles. The van der Waals surface area contributed by atoms with E-state index in [-0.39, 0.29) is 24.8 Å². The molecule has 0 saturated carbocycles. The summed E-state index contributed by atoms with van der Waals surface area (Å²) < 4.78 is 21.5. The molecule has 0 bridgehead atoms. The zero-order valence-corrected chi connectivity index (χ0v) is 25.6. The van der Waals surface area contributed by atoms with Crippen molar-refractivity contribution in [3.63, 3.8) is 0 Å². The Hall–Kier alpha value is -5.06. The summed E-state index contributed by atoms with van der Waals surface area (Å²) in [4.78, 5) is 29.6. The Kier molecular flexibility index (Phi) is 10.1. The summed E-state index contributed by atoms with van der Waals surface area (Å²) >= 11 is 0. The molecule has 2 heterocycles. The number of aromatic nitrogens is 2. The van der Waals surface area contributed by atoms with Crippen molar-refractivity contribution in [3.8, 4) is 33.7 Å². The molecular formula is C36H36FN3O6. The fraction of sp³-hybridized carbons (Fsp3) is 0.250. The first kappa shape index (κ1) is 32.3. The van der Waals surface area contributed by atoms with Gasteiger partial charge in [0.05, 0.1) is 24.8 Å². The van der Waals surface area contributed by atoms with Crippen LogP contribution in [0.5, 0.6) is 0 Å². The summed E-state index contributed by atoms with van der Waals surface area (Å²) in [6.45, 7) is 3.92. The number of aliphatic carboxylic acids is 1.